The molecule has 1 atom stereocenters. The van der Waals surface area contributed by atoms with Crippen molar-refractivity contribution in [3.63, 3.8) is 0 Å². The lowest BCUT2D eigenvalue weighted by Gasteiger charge is -2.17. The Balaban J connectivity index is 1.70. The van der Waals surface area contributed by atoms with E-state index in [2.05, 4.69) is 10.1 Å². The molecule has 2 heterocycles. The number of nitrogen functional groups attached to an aromatic ring is 1. The standard InChI is InChI=1S/C14H17N3OS/c15-11-5-3-4-10(8-11)9-13-16-14(17-18-13)12-6-1-2-7-19-12/h3-5,8,12H,1-2,6-7,9,15H2. The Bertz CT molecular complexity index is 549. The summed E-state index contributed by atoms with van der Waals surface area (Å²) < 4.78 is 5.35. The largest absolute Gasteiger partial charge is 0.399 e. The Hall–Kier alpha value is -1.49. The van der Waals surface area contributed by atoms with E-state index in [9.17, 15) is 0 Å². The molecule has 0 bridgehead atoms. The Kier molecular flexibility index (Phi) is 3.73. The number of anilines is 1. The second-order valence-corrected chi connectivity index (χ2v) is 6.13. The van der Waals surface area contributed by atoms with Crippen LogP contribution in [0, 0.1) is 0 Å². The van der Waals surface area contributed by atoms with Crippen LogP contribution in [0.2, 0.25) is 0 Å². The molecule has 0 aliphatic carbocycles. The van der Waals surface area contributed by atoms with E-state index in [1.807, 2.05) is 36.0 Å². The number of hydrogen-bond donors (Lipinski definition) is 1. The number of aromatic nitrogens is 2. The quantitative estimate of drug-likeness (QED) is 0.871. The van der Waals surface area contributed by atoms with Gasteiger partial charge in [0.05, 0.1) is 11.7 Å². The van der Waals surface area contributed by atoms with Crippen LogP contribution in [0.5, 0.6) is 0 Å². The summed E-state index contributed by atoms with van der Waals surface area (Å²) in [5.74, 6) is 2.72. The number of benzene rings is 1. The molecule has 2 N–H and O–H groups in total. The van der Waals surface area contributed by atoms with Crippen LogP contribution in [0.4, 0.5) is 5.69 Å². The van der Waals surface area contributed by atoms with Gasteiger partial charge in [0, 0.05) is 5.69 Å². The maximum atomic E-state index is 5.76. The third-order valence-corrected chi connectivity index (χ3v) is 4.63. The number of nitrogens with two attached hydrogens (primary N) is 1. The maximum absolute atomic E-state index is 5.76. The number of thioether (sulfide) groups is 1. The molecular weight excluding hydrogens is 258 g/mol. The minimum atomic E-state index is 0.409. The molecule has 1 unspecified atom stereocenters. The number of rotatable bonds is 3. The van der Waals surface area contributed by atoms with Gasteiger partial charge in [0.15, 0.2) is 5.82 Å². The van der Waals surface area contributed by atoms with Crippen molar-refractivity contribution in [2.45, 2.75) is 30.9 Å². The third kappa shape index (κ3) is 3.10. The van der Waals surface area contributed by atoms with E-state index in [0.29, 0.717) is 17.6 Å². The number of nitrogens with zero attached hydrogens (tertiary/aromatic N) is 2. The fraction of sp³-hybridized carbons (Fsp3) is 0.429. The van der Waals surface area contributed by atoms with E-state index >= 15 is 0 Å². The predicted molar refractivity (Wildman–Crippen MR) is 77.0 cm³/mol. The molecule has 3 rings (SSSR count). The molecule has 0 spiro atoms. The highest BCUT2D eigenvalue weighted by Crippen LogP contribution is 2.36. The van der Waals surface area contributed by atoms with Gasteiger partial charge < -0.3 is 10.3 Å². The normalized spacial score (nSPS) is 19.5. The molecule has 1 aromatic carbocycles. The first-order valence-electron chi connectivity index (χ1n) is 6.60. The van der Waals surface area contributed by atoms with E-state index in [4.69, 9.17) is 10.3 Å². The van der Waals surface area contributed by atoms with Crippen molar-refractivity contribution in [3.8, 4) is 0 Å². The van der Waals surface area contributed by atoms with Crippen LogP contribution in [0.3, 0.4) is 0 Å². The van der Waals surface area contributed by atoms with Gasteiger partial charge in [0.25, 0.3) is 0 Å². The highest BCUT2D eigenvalue weighted by Gasteiger charge is 2.21. The van der Waals surface area contributed by atoms with Crippen LogP contribution in [0.25, 0.3) is 0 Å². The molecule has 0 amide bonds. The van der Waals surface area contributed by atoms with Crippen LogP contribution < -0.4 is 5.73 Å². The van der Waals surface area contributed by atoms with Crippen molar-refractivity contribution in [2.75, 3.05) is 11.5 Å². The first-order chi connectivity index (χ1) is 9.31. The average Bonchev–Trinajstić information content (AvgIpc) is 2.88. The first kappa shape index (κ1) is 12.5. The molecule has 0 saturated carbocycles. The predicted octanol–water partition coefficient (Wildman–Crippen LogP) is 3.20. The molecule has 100 valence electrons. The van der Waals surface area contributed by atoms with Crippen molar-refractivity contribution in [2.24, 2.45) is 0 Å². The van der Waals surface area contributed by atoms with E-state index in [1.165, 1.54) is 18.6 Å². The molecule has 2 aromatic rings. The number of hydrogen-bond acceptors (Lipinski definition) is 5. The molecular formula is C14H17N3OS. The average molecular weight is 275 g/mol. The van der Waals surface area contributed by atoms with Crippen molar-refractivity contribution < 1.29 is 4.52 Å². The van der Waals surface area contributed by atoms with Crippen LogP contribution in [-0.2, 0) is 6.42 Å². The van der Waals surface area contributed by atoms with Gasteiger partial charge in [-0.15, -0.1) is 0 Å². The van der Waals surface area contributed by atoms with Crippen LogP contribution in [0.1, 0.15) is 41.8 Å². The van der Waals surface area contributed by atoms with Crippen LogP contribution in [-0.4, -0.2) is 15.9 Å². The van der Waals surface area contributed by atoms with E-state index in [1.54, 1.807) is 0 Å². The van der Waals surface area contributed by atoms with Crippen molar-refractivity contribution in [1.82, 2.24) is 10.1 Å². The molecule has 1 aliphatic heterocycles. The third-order valence-electron chi connectivity index (χ3n) is 3.26. The van der Waals surface area contributed by atoms with Gasteiger partial charge in [-0.1, -0.05) is 23.7 Å². The lowest BCUT2D eigenvalue weighted by Crippen LogP contribution is -2.03. The maximum Gasteiger partial charge on any atom is 0.231 e. The zero-order chi connectivity index (χ0) is 13.1. The Morgan fingerprint density at radius 1 is 1.37 bits per heavy atom. The second kappa shape index (κ2) is 5.65. The summed E-state index contributed by atoms with van der Waals surface area (Å²) in [7, 11) is 0. The summed E-state index contributed by atoms with van der Waals surface area (Å²) in [6, 6.07) is 7.79. The Morgan fingerprint density at radius 2 is 2.32 bits per heavy atom. The summed E-state index contributed by atoms with van der Waals surface area (Å²) in [4.78, 5) is 4.52. The van der Waals surface area contributed by atoms with Gasteiger partial charge in [-0.05, 0) is 36.3 Å². The molecule has 1 fully saturated rings. The fourth-order valence-electron chi connectivity index (χ4n) is 2.29. The van der Waals surface area contributed by atoms with Crippen LogP contribution >= 0.6 is 11.8 Å². The van der Waals surface area contributed by atoms with E-state index < -0.39 is 0 Å². The Morgan fingerprint density at radius 3 is 3.11 bits per heavy atom. The van der Waals surface area contributed by atoms with E-state index in [0.717, 1.165) is 23.5 Å². The molecule has 4 nitrogen and oxygen atoms in total. The summed E-state index contributed by atoms with van der Waals surface area (Å²) in [5, 5.41) is 4.53. The van der Waals surface area contributed by atoms with Crippen molar-refractivity contribution in [1.29, 1.82) is 0 Å². The minimum absolute atomic E-state index is 0.409. The molecule has 1 saturated heterocycles. The second-order valence-electron chi connectivity index (χ2n) is 4.82. The first-order valence-corrected chi connectivity index (χ1v) is 7.64. The molecule has 19 heavy (non-hydrogen) atoms. The van der Waals surface area contributed by atoms with Crippen molar-refractivity contribution in [3.05, 3.63) is 41.5 Å². The van der Waals surface area contributed by atoms with E-state index in [-0.39, 0.29) is 0 Å². The van der Waals surface area contributed by atoms with Crippen molar-refractivity contribution >= 4 is 17.4 Å². The summed E-state index contributed by atoms with van der Waals surface area (Å²) in [6.07, 6.45) is 4.36. The fourth-order valence-corrected chi connectivity index (χ4v) is 3.53. The highest BCUT2D eigenvalue weighted by atomic mass is 32.2. The van der Waals surface area contributed by atoms with Gasteiger partial charge in [-0.25, -0.2) is 0 Å². The molecule has 5 heteroatoms. The zero-order valence-corrected chi connectivity index (χ0v) is 11.5. The molecule has 1 aromatic heterocycles. The SMILES string of the molecule is Nc1cccc(Cc2nc(C3CCCCS3)no2)c1. The van der Waals surface area contributed by atoms with Gasteiger partial charge in [0.2, 0.25) is 5.89 Å². The summed E-state index contributed by atoms with van der Waals surface area (Å²) in [5.41, 5.74) is 7.63. The summed E-state index contributed by atoms with van der Waals surface area (Å²) in [6.45, 7) is 0. The minimum Gasteiger partial charge on any atom is -0.399 e. The van der Waals surface area contributed by atoms with Gasteiger partial charge in [-0.3, -0.25) is 0 Å². The zero-order valence-electron chi connectivity index (χ0n) is 10.7. The highest BCUT2D eigenvalue weighted by molar-refractivity contribution is 7.99. The lowest BCUT2D eigenvalue weighted by molar-refractivity contribution is 0.378. The smallest absolute Gasteiger partial charge is 0.231 e. The van der Waals surface area contributed by atoms with Gasteiger partial charge in [0.1, 0.15) is 0 Å². The molecule has 0 radical (unpaired) electrons. The van der Waals surface area contributed by atoms with Gasteiger partial charge in [-0.2, -0.15) is 16.7 Å². The van der Waals surface area contributed by atoms with Gasteiger partial charge >= 0.3 is 0 Å². The lowest BCUT2D eigenvalue weighted by atomic mass is 10.1. The Labute approximate surface area is 116 Å². The monoisotopic (exact) mass is 275 g/mol. The topological polar surface area (TPSA) is 64.9 Å². The van der Waals surface area contributed by atoms with Crippen LogP contribution in [0.15, 0.2) is 28.8 Å². The molecule has 1 aliphatic rings. The summed E-state index contributed by atoms with van der Waals surface area (Å²) >= 11 is 1.93.